The molecule has 0 bridgehead atoms. The van der Waals surface area contributed by atoms with Crippen LogP contribution >= 0.6 is 69.6 Å². The molecule has 0 aromatic heterocycles. The van der Waals surface area contributed by atoms with Crippen LogP contribution in [0, 0.1) is 23.7 Å². The number of rotatable bonds is 20. The van der Waals surface area contributed by atoms with Gasteiger partial charge in [-0.05, 0) is 86.0 Å². The van der Waals surface area contributed by atoms with Gasteiger partial charge in [-0.1, -0.05) is 122 Å². The molecule has 412 valence electrons. The van der Waals surface area contributed by atoms with E-state index in [0.29, 0.717) is 38.8 Å². The van der Waals surface area contributed by atoms with Gasteiger partial charge in [-0.15, -0.1) is 0 Å². The molecule has 25 heteroatoms. The molecule has 6 atom stereocenters. The summed E-state index contributed by atoms with van der Waals surface area (Å²) < 4.78 is 11.8. The second-order valence-corrected chi connectivity index (χ2v) is 23.7. The molecule has 0 spiro atoms. The minimum Gasteiger partial charge on any atom is -0.481 e. The van der Waals surface area contributed by atoms with Crippen LogP contribution in [0.15, 0.2) is 24.3 Å². The van der Waals surface area contributed by atoms with Crippen LogP contribution in [0.4, 0.5) is 0 Å². The molecule has 0 aliphatic carbocycles. The van der Waals surface area contributed by atoms with Crippen molar-refractivity contribution >= 4 is 123 Å². The number of alkyl halides is 6. The highest BCUT2D eigenvalue weighted by atomic mass is 35.6. The van der Waals surface area contributed by atoms with Crippen LogP contribution in [-0.4, -0.2) is 132 Å². The number of halogens is 6. The van der Waals surface area contributed by atoms with E-state index in [2.05, 4.69) is 21.5 Å². The van der Waals surface area contributed by atoms with Crippen molar-refractivity contribution in [2.24, 2.45) is 23.7 Å². The van der Waals surface area contributed by atoms with Gasteiger partial charge in [0.1, 0.15) is 48.8 Å². The quantitative estimate of drug-likeness (QED) is 0.0355. The van der Waals surface area contributed by atoms with Crippen LogP contribution in [0.3, 0.4) is 0 Å². The Morgan fingerprint density at radius 1 is 0.639 bits per heavy atom. The Bertz CT molecular complexity index is 1870. The number of Topliss-reactive ketones (excluding diaryl/α,β-unsaturated/α-hetero) is 1. The molecule has 2 aliphatic heterocycles. The van der Waals surface area contributed by atoms with E-state index >= 15 is 0 Å². The molecule has 72 heavy (non-hydrogen) atoms. The van der Waals surface area contributed by atoms with Gasteiger partial charge in [0.05, 0.1) is 18.8 Å². The van der Waals surface area contributed by atoms with Crippen LogP contribution in [0.1, 0.15) is 128 Å². The standard InChI is InChI=1S/C21H34Cl3N3O6.C21H32Cl3N3O5.C5H8O2/c1-12(2)14(10-16(28)33-20(4,5)6)17(29)25-13(3)18(30)27-9-7-8-15(26-27)19(31)32-11-21(22,23)24;1-5-6-8-15(28)11-16(13(2)3)18(29)25-14(4)19(30)27-10-7-9-17(26-27)20(31)32-12-21(22,23)24;1-2-3-4-5(6)7/h12-15,26H,7-11H2,1-6H3,(H,25,29);5-6,13-14,16-17,26H,7-12H2,1-4H3,(H,25,29);2-3H,4H2,1H3,(H,6,7)/b;6-5+;3-2+/t13-,14-,15-;14-,16-,17-;/m00./s1. The minimum absolute atomic E-state index is 0.0372. The molecule has 2 rings (SSSR count). The van der Waals surface area contributed by atoms with E-state index in [9.17, 15) is 43.2 Å². The van der Waals surface area contributed by atoms with Gasteiger partial charge in [-0.3, -0.25) is 53.2 Å². The first kappa shape index (κ1) is 68.6. The number of carbonyl (C=O) groups is 9. The maximum Gasteiger partial charge on any atom is 0.325 e. The number of carboxylic acid groups (broad SMARTS) is 1. The SMILES string of the molecule is C/C=C/CC(=O)C[C@H](C(=O)N[C@@H](C)C(=O)N1CCC[C@@H](C(=O)OCC(Cl)(Cl)Cl)N1)C(C)C.C/C=C/CC(=O)O.CC(C)[C@H](CC(=O)OC(C)(C)C)C(=O)N[C@@H](C)C(=O)N1CCC[C@@H](C(=O)OCC(Cl)(Cl)Cl)N1. The Morgan fingerprint density at radius 2 is 1.01 bits per heavy atom. The van der Waals surface area contributed by atoms with E-state index < -0.39 is 104 Å². The Kier molecular flexibility index (Phi) is 31.9. The molecular weight excluding hydrogens is 1070 g/mol. The molecule has 4 amide bonds. The first-order valence-electron chi connectivity index (χ1n) is 23.5. The third kappa shape index (κ3) is 30.1. The summed E-state index contributed by atoms with van der Waals surface area (Å²) in [7, 11) is 0. The average Bonchev–Trinajstić information content (AvgIpc) is 3.27. The van der Waals surface area contributed by atoms with Gasteiger partial charge >= 0.3 is 23.9 Å². The number of hydrogen-bond acceptors (Lipinski definition) is 14. The van der Waals surface area contributed by atoms with Gasteiger partial charge in [0.25, 0.3) is 11.8 Å². The van der Waals surface area contributed by atoms with Gasteiger partial charge in [0, 0.05) is 31.8 Å². The summed E-state index contributed by atoms with van der Waals surface area (Å²) in [4.78, 5) is 110. The summed E-state index contributed by atoms with van der Waals surface area (Å²) in [6, 6.07) is -3.29. The zero-order valence-electron chi connectivity index (χ0n) is 42.9. The number of ketones is 1. The van der Waals surface area contributed by atoms with Crippen molar-refractivity contribution in [2.75, 3.05) is 26.3 Å². The van der Waals surface area contributed by atoms with Crippen LogP contribution in [-0.2, 0) is 57.4 Å². The lowest BCUT2D eigenvalue weighted by molar-refractivity contribution is -0.158. The number of hydrogen-bond donors (Lipinski definition) is 5. The number of amides is 4. The molecule has 0 radical (unpaired) electrons. The summed E-state index contributed by atoms with van der Waals surface area (Å²) in [5.74, 6) is -5.61. The van der Waals surface area contributed by atoms with Crippen molar-refractivity contribution in [1.82, 2.24) is 31.5 Å². The van der Waals surface area contributed by atoms with Crippen molar-refractivity contribution in [3.8, 4) is 0 Å². The van der Waals surface area contributed by atoms with E-state index in [0.717, 1.165) is 0 Å². The van der Waals surface area contributed by atoms with Crippen LogP contribution in [0.5, 0.6) is 0 Å². The first-order valence-corrected chi connectivity index (χ1v) is 25.8. The number of allylic oxidation sites excluding steroid dienone is 3. The summed E-state index contributed by atoms with van der Waals surface area (Å²) in [6.07, 6.45) is 9.26. The predicted molar refractivity (Wildman–Crippen MR) is 277 cm³/mol. The number of hydrazine groups is 2. The smallest absolute Gasteiger partial charge is 0.325 e. The van der Waals surface area contributed by atoms with Crippen molar-refractivity contribution in [2.45, 2.75) is 165 Å². The highest BCUT2D eigenvalue weighted by Gasteiger charge is 2.37. The van der Waals surface area contributed by atoms with Crippen molar-refractivity contribution in [1.29, 1.82) is 0 Å². The normalized spacial score (nSPS) is 18.1. The van der Waals surface area contributed by atoms with E-state index in [1.807, 2.05) is 34.6 Å². The van der Waals surface area contributed by atoms with E-state index in [1.165, 1.54) is 16.9 Å². The van der Waals surface area contributed by atoms with E-state index in [4.69, 9.17) is 88.9 Å². The zero-order valence-corrected chi connectivity index (χ0v) is 47.5. The number of nitrogens with one attached hydrogen (secondary N) is 4. The highest BCUT2D eigenvalue weighted by molar-refractivity contribution is 6.68. The number of ether oxygens (including phenoxy) is 3. The fourth-order valence-corrected chi connectivity index (χ4v) is 6.92. The molecular formula is C47H74Cl6N6O13. The van der Waals surface area contributed by atoms with Gasteiger partial charge in [-0.2, -0.15) is 0 Å². The summed E-state index contributed by atoms with van der Waals surface area (Å²) >= 11 is 33.6. The largest absolute Gasteiger partial charge is 0.481 e. The number of nitrogens with zero attached hydrogens (tertiary/aromatic N) is 2. The van der Waals surface area contributed by atoms with Crippen LogP contribution < -0.4 is 21.5 Å². The van der Waals surface area contributed by atoms with E-state index in [1.54, 1.807) is 58.9 Å². The molecule has 2 heterocycles. The number of carboxylic acids is 1. The van der Waals surface area contributed by atoms with Gasteiger partial charge in [0.2, 0.25) is 19.4 Å². The molecule has 0 unspecified atom stereocenters. The molecule has 5 N–H and O–H groups in total. The molecule has 0 saturated carbocycles. The molecule has 0 aromatic rings. The number of esters is 3. The maximum atomic E-state index is 12.9. The molecule has 19 nitrogen and oxygen atoms in total. The zero-order chi connectivity index (χ0) is 55.7. The van der Waals surface area contributed by atoms with Crippen molar-refractivity contribution < 1.29 is 62.5 Å². The number of aliphatic carboxylic acids is 1. The summed E-state index contributed by atoms with van der Waals surface area (Å²) in [6.45, 7) is 19.2. The molecule has 2 aliphatic rings. The molecule has 2 saturated heterocycles. The third-order valence-electron chi connectivity index (χ3n) is 10.3. The monoisotopic (exact) mass is 1140 g/mol. The van der Waals surface area contributed by atoms with Gasteiger partial charge in [0.15, 0.2) is 0 Å². The van der Waals surface area contributed by atoms with Crippen molar-refractivity contribution in [3.05, 3.63) is 24.3 Å². The molecule has 0 aromatic carbocycles. The Balaban J connectivity index is 0.00000123. The lowest BCUT2D eigenvalue weighted by Gasteiger charge is -2.34. The lowest BCUT2D eigenvalue weighted by Crippen LogP contribution is -2.60. The van der Waals surface area contributed by atoms with Crippen LogP contribution in [0.2, 0.25) is 0 Å². The third-order valence-corrected chi connectivity index (χ3v) is 11.0. The topological polar surface area (TPSA) is 256 Å². The number of carbonyl (C=O) groups excluding carboxylic acids is 8. The second-order valence-electron chi connectivity index (χ2n) is 18.7. The summed E-state index contributed by atoms with van der Waals surface area (Å²) in [5, 5.41) is 15.9. The Labute approximate surface area is 453 Å². The second kappa shape index (κ2) is 33.5. The maximum absolute atomic E-state index is 12.9. The van der Waals surface area contributed by atoms with Gasteiger partial charge in [-0.25, -0.2) is 10.9 Å². The van der Waals surface area contributed by atoms with Gasteiger partial charge < -0.3 is 30.0 Å². The summed E-state index contributed by atoms with van der Waals surface area (Å²) in [5.41, 5.74) is 4.97. The van der Waals surface area contributed by atoms with E-state index in [-0.39, 0.29) is 49.2 Å². The Morgan fingerprint density at radius 3 is 1.33 bits per heavy atom. The lowest BCUT2D eigenvalue weighted by atomic mass is 9.89. The fourth-order valence-electron chi connectivity index (χ4n) is 6.59. The first-order chi connectivity index (χ1) is 33.1. The highest BCUT2D eigenvalue weighted by Crippen LogP contribution is 2.28. The average molecular weight is 1140 g/mol. The molecule has 2 fully saturated rings. The minimum atomic E-state index is -1.73. The van der Waals surface area contributed by atoms with Crippen molar-refractivity contribution in [3.63, 3.8) is 0 Å². The predicted octanol–water partition coefficient (Wildman–Crippen LogP) is 7.04. The Hall–Kier alpha value is -3.43. The fraction of sp³-hybridized carbons (Fsp3) is 0.723. The van der Waals surface area contributed by atoms with Crippen LogP contribution in [0.25, 0.3) is 0 Å².